The number of carbonyl (C=O) groups excluding carboxylic acids is 1. The quantitative estimate of drug-likeness (QED) is 0.592. The number of hydrogen-bond donors (Lipinski definition) is 2. The summed E-state index contributed by atoms with van der Waals surface area (Å²) < 4.78 is 19.6. The molecule has 0 unspecified atom stereocenters. The summed E-state index contributed by atoms with van der Waals surface area (Å²) in [5.41, 5.74) is 3.38. The van der Waals surface area contributed by atoms with E-state index in [0.717, 1.165) is 17.1 Å². The lowest BCUT2D eigenvalue weighted by molar-refractivity contribution is 0.0963. The lowest BCUT2D eigenvalue weighted by Gasteiger charge is -2.40. The molecular weight excluding hydrogens is 405 g/mol. The highest BCUT2D eigenvalue weighted by atomic mass is 35.5. The summed E-state index contributed by atoms with van der Waals surface area (Å²) in [6.07, 6.45) is -0.0819. The van der Waals surface area contributed by atoms with Crippen LogP contribution in [0, 0.1) is 5.82 Å². The molecule has 0 radical (unpaired) electrons. The van der Waals surface area contributed by atoms with Crippen LogP contribution in [0.4, 0.5) is 21.5 Å². The molecule has 0 spiro atoms. The van der Waals surface area contributed by atoms with Crippen molar-refractivity contribution >= 4 is 34.6 Å². The second-order valence-corrected chi connectivity index (χ2v) is 7.49. The maximum absolute atomic E-state index is 13.9. The predicted molar refractivity (Wildman–Crippen MR) is 118 cm³/mol. The van der Waals surface area contributed by atoms with Gasteiger partial charge in [0.2, 0.25) is 0 Å². The third-order valence-corrected chi connectivity index (χ3v) is 5.12. The van der Waals surface area contributed by atoms with E-state index in [-0.39, 0.29) is 17.8 Å². The first-order chi connectivity index (χ1) is 14.5. The molecule has 0 aromatic heterocycles. The predicted octanol–water partition coefficient (Wildman–Crippen LogP) is 4.85. The highest BCUT2D eigenvalue weighted by Crippen LogP contribution is 2.29. The van der Waals surface area contributed by atoms with Crippen LogP contribution in [0.3, 0.4) is 0 Å². The van der Waals surface area contributed by atoms with Crippen LogP contribution in [0.2, 0.25) is 5.02 Å². The summed E-state index contributed by atoms with van der Waals surface area (Å²) in [4.78, 5) is 14.0. The molecule has 154 valence electrons. The molecule has 30 heavy (non-hydrogen) atoms. The molecule has 3 aromatic rings. The fourth-order valence-corrected chi connectivity index (χ4v) is 3.46. The molecule has 0 atom stereocenters. The Morgan fingerprint density at radius 2 is 1.80 bits per heavy atom. The zero-order valence-corrected chi connectivity index (χ0v) is 17.1. The Morgan fingerprint density at radius 3 is 2.53 bits per heavy atom. The van der Waals surface area contributed by atoms with Crippen molar-refractivity contribution in [2.24, 2.45) is 0 Å². The van der Waals surface area contributed by atoms with Crippen molar-refractivity contribution < 1.29 is 13.9 Å². The Kier molecular flexibility index (Phi) is 5.77. The molecule has 0 aliphatic carbocycles. The second-order valence-electron chi connectivity index (χ2n) is 7.05. The average Bonchev–Trinajstić information content (AvgIpc) is 2.71. The number of amides is 1. The molecule has 1 saturated heterocycles. The number of benzene rings is 3. The van der Waals surface area contributed by atoms with E-state index in [0.29, 0.717) is 23.7 Å². The van der Waals surface area contributed by atoms with Crippen molar-refractivity contribution in [3.05, 3.63) is 83.1 Å². The largest absolute Gasteiger partial charge is 0.484 e. The zero-order valence-electron chi connectivity index (χ0n) is 16.4. The van der Waals surface area contributed by atoms with Crippen molar-refractivity contribution in [2.75, 3.05) is 30.4 Å². The van der Waals surface area contributed by atoms with Crippen LogP contribution in [0.5, 0.6) is 5.75 Å². The van der Waals surface area contributed by atoms with Gasteiger partial charge in [-0.15, -0.1) is 0 Å². The van der Waals surface area contributed by atoms with Crippen LogP contribution in [0.25, 0.3) is 0 Å². The van der Waals surface area contributed by atoms with E-state index < -0.39 is 5.82 Å². The fraction of sp³-hybridized carbons (Fsp3) is 0.174. The summed E-state index contributed by atoms with van der Waals surface area (Å²) in [7, 11) is 1.61. The molecule has 7 heteroatoms. The van der Waals surface area contributed by atoms with Crippen molar-refractivity contribution in [3.63, 3.8) is 0 Å². The van der Waals surface area contributed by atoms with Gasteiger partial charge in [0.05, 0.1) is 13.1 Å². The van der Waals surface area contributed by atoms with Gasteiger partial charge < -0.3 is 20.3 Å². The Balaban J connectivity index is 1.38. The zero-order chi connectivity index (χ0) is 21.1. The minimum Gasteiger partial charge on any atom is -0.484 e. The molecule has 1 amide bonds. The molecule has 3 aromatic carbocycles. The average molecular weight is 426 g/mol. The number of carbonyl (C=O) groups is 1. The van der Waals surface area contributed by atoms with E-state index in [1.807, 2.05) is 36.4 Å². The SMILES string of the molecule is CNC(=O)c1cccc(Nc2cccc(N3CC(Oc4ccc(Cl)cc4F)C3)c2)c1. The Hall–Kier alpha value is -3.25. The monoisotopic (exact) mass is 425 g/mol. The van der Waals surface area contributed by atoms with E-state index in [1.54, 1.807) is 31.3 Å². The smallest absolute Gasteiger partial charge is 0.251 e. The highest BCUT2D eigenvalue weighted by molar-refractivity contribution is 6.30. The summed E-state index contributed by atoms with van der Waals surface area (Å²) in [5, 5.41) is 6.30. The minimum atomic E-state index is -0.453. The maximum atomic E-state index is 13.9. The lowest BCUT2D eigenvalue weighted by atomic mass is 10.1. The molecular formula is C23H21ClFN3O2. The van der Waals surface area contributed by atoms with Gasteiger partial charge in [-0.1, -0.05) is 23.7 Å². The van der Waals surface area contributed by atoms with Crippen LogP contribution >= 0.6 is 11.6 Å². The Labute approximate surface area is 179 Å². The number of hydrogen-bond acceptors (Lipinski definition) is 4. The van der Waals surface area contributed by atoms with E-state index >= 15 is 0 Å². The number of nitrogens with one attached hydrogen (secondary N) is 2. The topological polar surface area (TPSA) is 53.6 Å². The van der Waals surface area contributed by atoms with Gasteiger partial charge in [-0.3, -0.25) is 4.79 Å². The first-order valence-corrected chi connectivity index (χ1v) is 9.95. The van der Waals surface area contributed by atoms with Crippen molar-refractivity contribution in [1.82, 2.24) is 5.32 Å². The van der Waals surface area contributed by atoms with Gasteiger partial charge in [0.15, 0.2) is 11.6 Å². The van der Waals surface area contributed by atoms with Gasteiger partial charge in [-0.2, -0.15) is 0 Å². The van der Waals surface area contributed by atoms with Gasteiger partial charge in [-0.05, 0) is 54.6 Å². The van der Waals surface area contributed by atoms with Crippen molar-refractivity contribution in [2.45, 2.75) is 6.10 Å². The van der Waals surface area contributed by atoms with Gasteiger partial charge in [0, 0.05) is 34.7 Å². The van der Waals surface area contributed by atoms with Gasteiger partial charge in [-0.25, -0.2) is 4.39 Å². The van der Waals surface area contributed by atoms with E-state index in [9.17, 15) is 9.18 Å². The third kappa shape index (κ3) is 4.49. The summed E-state index contributed by atoms with van der Waals surface area (Å²) in [5.74, 6) is -0.363. The van der Waals surface area contributed by atoms with E-state index in [2.05, 4.69) is 15.5 Å². The van der Waals surface area contributed by atoms with Crippen LogP contribution in [0.15, 0.2) is 66.7 Å². The maximum Gasteiger partial charge on any atom is 0.251 e. The second kappa shape index (κ2) is 8.63. The van der Waals surface area contributed by atoms with Crippen LogP contribution in [0.1, 0.15) is 10.4 Å². The molecule has 1 heterocycles. The van der Waals surface area contributed by atoms with E-state index in [1.165, 1.54) is 6.07 Å². The summed E-state index contributed by atoms with van der Waals surface area (Å²) >= 11 is 5.78. The molecule has 1 fully saturated rings. The fourth-order valence-electron chi connectivity index (χ4n) is 3.30. The molecule has 2 N–H and O–H groups in total. The number of rotatable bonds is 6. The minimum absolute atomic E-state index is 0.0819. The number of ether oxygens (including phenoxy) is 1. The van der Waals surface area contributed by atoms with Gasteiger partial charge in [0.1, 0.15) is 6.10 Å². The number of halogens is 2. The van der Waals surface area contributed by atoms with E-state index in [4.69, 9.17) is 16.3 Å². The molecule has 1 aliphatic rings. The molecule has 0 saturated carbocycles. The Bertz CT molecular complexity index is 1070. The molecule has 0 bridgehead atoms. The van der Waals surface area contributed by atoms with Gasteiger partial charge in [0.25, 0.3) is 5.91 Å². The third-order valence-electron chi connectivity index (χ3n) is 4.89. The van der Waals surface area contributed by atoms with Gasteiger partial charge >= 0.3 is 0 Å². The van der Waals surface area contributed by atoms with Crippen LogP contribution < -0.4 is 20.3 Å². The van der Waals surface area contributed by atoms with Crippen LogP contribution in [-0.2, 0) is 0 Å². The highest BCUT2D eigenvalue weighted by Gasteiger charge is 2.29. The standard InChI is InChI=1S/C23H21ClFN3O2/c1-26-23(29)15-4-2-5-17(10-15)27-18-6-3-7-19(12-18)28-13-20(14-28)30-22-9-8-16(24)11-21(22)25/h2-12,20,27H,13-14H2,1H3,(H,26,29). The molecule has 1 aliphatic heterocycles. The summed E-state index contributed by atoms with van der Waals surface area (Å²) in [6, 6.07) is 19.7. The first kappa shape index (κ1) is 20.0. The van der Waals surface area contributed by atoms with Crippen molar-refractivity contribution in [1.29, 1.82) is 0 Å². The normalized spacial score (nSPS) is 13.5. The Morgan fingerprint density at radius 1 is 1.07 bits per heavy atom. The molecule has 5 nitrogen and oxygen atoms in total. The number of anilines is 3. The van der Waals surface area contributed by atoms with Crippen LogP contribution in [-0.4, -0.2) is 32.1 Å². The number of nitrogens with zero attached hydrogens (tertiary/aromatic N) is 1. The molecule has 4 rings (SSSR count). The first-order valence-electron chi connectivity index (χ1n) is 9.58. The summed E-state index contributed by atoms with van der Waals surface area (Å²) in [6.45, 7) is 1.33. The van der Waals surface area contributed by atoms with Crippen molar-refractivity contribution in [3.8, 4) is 5.75 Å². The lowest BCUT2D eigenvalue weighted by Crippen LogP contribution is -2.54.